The lowest BCUT2D eigenvalue weighted by molar-refractivity contribution is 0.306. The van der Waals surface area contributed by atoms with Gasteiger partial charge in [-0.1, -0.05) is 5.16 Å². The van der Waals surface area contributed by atoms with Gasteiger partial charge in [0, 0.05) is 30.4 Å². The number of hydrogen-bond acceptors (Lipinski definition) is 6. The van der Waals surface area contributed by atoms with Gasteiger partial charge in [-0.3, -0.25) is 4.98 Å². The molecule has 0 saturated carbocycles. The molecule has 7 heteroatoms. The van der Waals surface area contributed by atoms with E-state index in [0.29, 0.717) is 24.4 Å². The average molecular weight is 361 g/mol. The van der Waals surface area contributed by atoms with Crippen molar-refractivity contribution in [3.8, 4) is 17.2 Å². The fourth-order valence-corrected chi connectivity index (χ4v) is 2.17. The van der Waals surface area contributed by atoms with Gasteiger partial charge in [-0.05, 0) is 55.9 Å². The minimum atomic E-state index is 0. The van der Waals surface area contributed by atoms with E-state index < -0.39 is 0 Å². The van der Waals surface area contributed by atoms with Crippen LogP contribution >= 0.6 is 12.4 Å². The first-order valence-electron chi connectivity index (χ1n) is 7.86. The fourth-order valence-electron chi connectivity index (χ4n) is 2.17. The highest BCUT2D eigenvalue weighted by molar-refractivity contribution is 5.85. The molecule has 0 saturated heterocycles. The number of benzene rings is 1. The Balaban J connectivity index is 0.00000225. The van der Waals surface area contributed by atoms with Crippen LogP contribution in [0.15, 0.2) is 53.3 Å². The maximum absolute atomic E-state index is 5.75. The van der Waals surface area contributed by atoms with Gasteiger partial charge in [-0.2, -0.15) is 4.98 Å². The third kappa shape index (κ3) is 5.27. The zero-order valence-electron chi connectivity index (χ0n) is 14.2. The van der Waals surface area contributed by atoms with Gasteiger partial charge in [-0.15, -0.1) is 12.4 Å². The van der Waals surface area contributed by atoms with Crippen molar-refractivity contribution in [2.75, 3.05) is 7.05 Å². The predicted octanol–water partition coefficient (Wildman–Crippen LogP) is 3.28. The Bertz CT molecular complexity index is 762. The molecule has 0 fully saturated rings. The van der Waals surface area contributed by atoms with Gasteiger partial charge in [-0.25, -0.2) is 0 Å². The van der Waals surface area contributed by atoms with Crippen molar-refractivity contribution >= 4 is 12.4 Å². The molecule has 6 nitrogen and oxygen atoms in total. The molecule has 25 heavy (non-hydrogen) atoms. The number of aromatic nitrogens is 3. The first-order valence-corrected chi connectivity index (χ1v) is 7.86. The van der Waals surface area contributed by atoms with Crippen LogP contribution in [0.25, 0.3) is 11.5 Å². The summed E-state index contributed by atoms with van der Waals surface area (Å²) in [6, 6.07) is 11.8. The van der Waals surface area contributed by atoms with Gasteiger partial charge in [0.05, 0.1) is 0 Å². The van der Waals surface area contributed by atoms with Gasteiger partial charge in [0.1, 0.15) is 12.4 Å². The monoisotopic (exact) mass is 360 g/mol. The van der Waals surface area contributed by atoms with Crippen LogP contribution in [0.1, 0.15) is 18.3 Å². The van der Waals surface area contributed by atoms with Gasteiger partial charge in [0.25, 0.3) is 5.89 Å². The molecule has 3 aromatic rings. The van der Waals surface area contributed by atoms with Crippen molar-refractivity contribution in [2.24, 2.45) is 0 Å². The molecule has 0 aliphatic rings. The zero-order chi connectivity index (χ0) is 16.8. The van der Waals surface area contributed by atoms with Crippen LogP contribution in [0.4, 0.5) is 0 Å². The highest BCUT2D eigenvalue weighted by atomic mass is 35.5. The number of ether oxygens (including phenoxy) is 1. The molecule has 3 rings (SSSR count). The van der Waals surface area contributed by atoms with E-state index in [1.807, 2.05) is 43.4 Å². The smallest absolute Gasteiger partial charge is 0.257 e. The van der Waals surface area contributed by atoms with Crippen LogP contribution in [0.2, 0.25) is 0 Å². The van der Waals surface area contributed by atoms with E-state index >= 15 is 0 Å². The van der Waals surface area contributed by atoms with E-state index in [1.54, 1.807) is 12.4 Å². The number of nitrogens with one attached hydrogen (secondary N) is 1. The Morgan fingerprint density at radius 1 is 1.12 bits per heavy atom. The number of hydrogen-bond donors (Lipinski definition) is 1. The molecule has 1 atom stereocenters. The van der Waals surface area contributed by atoms with Crippen LogP contribution in [0, 0.1) is 0 Å². The van der Waals surface area contributed by atoms with Crippen LogP contribution in [-0.4, -0.2) is 28.2 Å². The summed E-state index contributed by atoms with van der Waals surface area (Å²) in [5.74, 6) is 2.01. The lowest BCUT2D eigenvalue weighted by Gasteiger charge is -2.06. The summed E-state index contributed by atoms with van der Waals surface area (Å²) in [4.78, 5) is 8.41. The third-order valence-electron chi connectivity index (χ3n) is 3.71. The Labute approximate surface area is 153 Å². The predicted molar refractivity (Wildman–Crippen MR) is 97.8 cm³/mol. The van der Waals surface area contributed by atoms with E-state index in [4.69, 9.17) is 9.26 Å². The Kier molecular flexibility index (Phi) is 6.91. The Morgan fingerprint density at radius 2 is 1.84 bits per heavy atom. The number of halogens is 1. The quantitative estimate of drug-likeness (QED) is 0.697. The topological polar surface area (TPSA) is 73.1 Å². The van der Waals surface area contributed by atoms with Gasteiger partial charge in [0.2, 0.25) is 0 Å². The summed E-state index contributed by atoms with van der Waals surface area (Å²) in [7, 11) is 1.91. The van der Waals surface area contributed by atoms with Crippen molar-refractivity contribution in [2.45, 2.75) is 26.0 Å². The molecule has 0 aliphatic heterocycles. The molecule has 2 heterocycles. The van der Waals surface area contributed by atoms with Crippen LogP contribution < -0.4 is 10.1 Å². The first kappa shape index (κ1) is 18.9. The summed E-state index contributed by atoms with van der Waals surface area (Å²) >= 11 is 0. The molecule has 0 amide bonds. The molecule has 2 aromatic heterocycles. The molecule has 0 radical (unpaired) electrons. The van der Waals surface area contributed by atoms with Crippen LogP contribution in [-0.2, 0) is 13.0 Å². The molecule has 0 bridgehead atoms. The van der Waals surface area contributed by atoms with Crippen molar-refractivity contribution in [3.63, 3.8) is 0 Å². The molecule has 1 aromatic carbocycles. The number of pyridine rings is 1. The average Bonchev–Trinajstić information content (AvgIpc) is 3.09. The molecule has 0 spiro atoms. The first-order chi connectivity index (χ1) is 11.7. The summed E-state index contributed by atoms with van der Waals surface area (Å²) < 4.78 is 11.1. The summed E-state index contributed by atoms with van der Waals surface area (Å²) in [6.07, 6.45) is 4.24. The summed E-state index contributed by atoms with van der Waals surface area (Å²) in [6.45, 7) is 2.58. The summed E-state index contributed by atoms with van der Waals surface area (Å²) in [5.41, 5.74) is 1.95. The standard InChI is InChI=1S/C18H20N4O2.ClH/c1-13(19-2)11-17-21-18(24-22-17)15-3-5-16(6-4-15)23-12-14-7-9-20-10-8-14;/h3-10,13,19H,11-12H2,1-2H3;1H. The van der Waals surface area contributed by atoms with Gasteiger partial charge in [0.15, 0.2) is 5.82 Å². The highest BCUT2D eigenvalue weighted by Gasteiger charge is 2.11. The molecular formula is C18H21ClN4O2. The minimum absolute atomic E-state index is 0. The second-order valence-corrected chi connectivity index (χ2v) is 5.58. The van der Waals surface area contributed by atoms with Crippen LogP contribution in [0.5, 0.6) is 5.75 Å². The van der Waals surface area contributed by atoms with E-state index in [0.717, 1.165) is 23.3 Å². The molecule has 1 N–H and O–H groups in total. The highest BCUT2D eigenvalue weighted by Crippen LogP contribution is 2.21. The molecule has 1 unspecified atom stereocenters. The Hall–Kier alpha value is -2.44. The third-order valence-corrected chi connectivity index (χ3v) is 3.71. The SMILES string of the molecule is CNC(C)Cc1noc(-c2ccc(OCc3ccncc3)cc2)n1.Cl. The van der Waals surface area contributed by atoms with Crippen molar-refractivity contribution in [1.82, 2.24) is 20.4 Å². The van der Waals surface area contributed by atoms with E-state index in [1.165, 1.54) is 0 Å². The molecule has 132 valence electrons. The maximum atomic E-state index is 5.75. The largest absolute Gasteiger partial charge is 0.489 e. The van der Waals surface area contributed by atoms with E-state index in [9.17, 15) is 0 Å². The van der Waals surface area contributed by atoms with E-state index in [2.05, 4.69) is 27.4 Å². The minimum Gasteiger partial charge on any atom is -0.489 e. The van der Waals surface area contributed by atoms with Gasteiger partial charge < -0.3 is 14.6 Å². The second-order valence-electron chi connectivity index (χ2n) is 5.58. The zero-order valence-corrected chi connectivity index (χ0v) is 15.0. The van der Waals surface area contributed by atoms with E-state index in [-0.39, 0.29) is 12.4 Å². The second kappa shape index (κ2) is 9.15. The van der Waals surface area contributed by atoms with Crippen molar-refractivity contribution in [1.29, 1.82) is 0 Å². The molecular weight excluding hydrogens is 340 g/mol. The maximum Gasteiger partial charge on any atom is 0.257 e. The lowest BCUT2D eigenvalue weighted by atomic mass is 10.2. The Morgan fingerprint density at radius 3 is 2.52 bits per heavy atom. The fraction of sp³-hybridized carbons (Fsp3) is 0.278. The lowest BCUT2D eigenvalue weighted by Crippen LogP contribution is -2.24. The summed E-state index contributed by atoms with van der Waals surface area (Å²) in [5, 5.41) is 7.17. The molecule has 0 aliphatic carbocycles. The van der Waals surface area contributed by atoms with Crippen molar-refractivity contribution in [3.05, 3.63) is 60.2 Å². The number of likely N-dealkylation sites (N-methyl/N-ethyl adjacent to an activating group) is 1. The van der Waals surface area contributed by atoms with Crippen molar-refractivity contribution < 1.29 is 9.26 Å². The number of rotatable bonds is 7. The normalized spacial score (nSPS) is 11.6. The number of nitrogens with zero attached hydrogens (tertiary/aromatic N) is 3. The van der Waals surface area contributed by atoms with Gasteiger partial charge >= 0.3 is 0 Å². The van der Waals surface area contributed by atoms with Crippen LogP contribution in [0.3, 0.4) is 0 Å².